The zero-order chi connectivity index (χ0) is 17.8. The molecule has 25 heavy (non-hydrogen) atoms. The third-order valence-corrected chi connectivity index (χ3v) is 4.62. The number of carboxylic acid groups (broad SMARTS) is 1. The first-order valence-corrected chi connectivity index (χ1v) is 8.39. The van der Waals surface area contributed by atoms with Crippen LogP contribution in [0.5, 0.6) is 0 Å². The van der Waals surface area contributed by atoms with Crippen LogP contribution in [0.15, 0.2) is 54.6 Å². The van der Waals surface area contributed by atoms with Crippen LogP contribution in [0, 0.1) is 18.8 Å². The maximum atomic E-state index is 12.6. The first-order chi connectivity index (χ1) is 12.0. The van der Waals surface area contributed by atoms with Crippen molar-refractivity contribution in [2.45, 2.75) is 13.5 Å². The predicted octanol–water partition coefficient (Wildman–Crippen LogP) is 2.77. The van der Waals surface area contributed by atoms with E-state index in [0.29, 0.717) is 25.3 Å². The van der Waals surface area contributed by atoms with Crippen LogP contribution in [0.1, 0.15) is 11.1 Å². The molecule has 1 saturated heterocycles. The average Bonchev–Trinajstić information content (AvgIpc) is 3.02. The third-order valence-electron chi connectivity index (χ3n) is 4.62. The van der Waals surface area contributed by atoms with Gasteiger partial charge in [0.1, 0.15) is 0 Å². The molecule has 1 amide bonds. The number of aliphatic carboxylic acids is 1. The van der Waals surface area contributed by atoms with E-state index < -0.39 is 17.8 Å². The first-order valence-electron chi connectivity index (χ1n) is 8.39. The van der Waals surface area contributed by atoms with E-state index in [4.69, 9.17) is 0 Å². The van der Waals surface area contributed by atoms with Gasteiger partial charge in [0, 0.05) is 25.3 Å². The van der Waals surface area contributed by atoms with Gasteiger partial charge < -0.3 is 10.4 Å². The highest BCUT2D eigenvalue weighted by molar-refractivity contribution is 5.95. The standard InChI is InChI=1S/C20H22N2O3/c1-14-7-9-16(10-8-14)21-19(23)17-12-22(13-18(17)20(24)25)11-15-5-3-2-4-6-15/h2-10,17-18H,11-13H2,1H3,(H,21,23)(H,24,25). The van der Waals surface area contributed by atoms with E-state index in [1.54, 1.807) is 0 Å². The summed E-state index contributed by atoms with van der Waals surface area (Å²) in [6.07, 6.45) is 0. The second-order valence-electron chi connectivity index (χ2n) is 6.59. The Balaban J connectivity index is 1.68. The third kappa shape index (κ3) is 4.25. The molecule has 5 nitrogen and oxygen atoms in total. The Morgan fingerprint density at radius 3 is 2.32 bits per heavy atom. The van der Waals surface area contributed by atoms with Gasteiger partial charge >= 0.3 is 5.97 Å². The lowest BCUT2D eigenvalue weighted by Crippen LogP contribution is -2.32. The van der Waals surface area contributed by atoms with Crippen LogP contribution in [-0.2, 0) is 16.1 Å². The quantitative estimate of drug-likeness (QED) is 0.879. The Labute approximate surface area is 147 Å². The average molecular weight is 338 g/mol. The molecule has 1 aliphatic rings. The Bertz CT molecular complexity index is 743. The highest BCUT2D eigenvalue weighted by Crippen LogP contribution is 2.27. The van der Waals surface area contributed by atoms with Crippen molar-refractivity contribution in [2.75, 3.05) is 18.4 Å². The molecule has 1 fully saturated rings. The van der Waals surface area contributed by atoms with Crippen molar-refractivity contribution >= 4 is 17.6 Å². The minimum atomic E-state index is -0.917. The molecule has 0 aromatic heterocycles. The number of carbonyl (C=O) groups excluding carboxylic acids is 1. The largest absolute Gasteiger partial charge is 0.481 e. The van der Waals surface area contributed by atoms with Gasteiger partial charge in [-0.1, -0.05) is 48.0 Å². The highest BCUT2D eigenvalue weighted by atomic mass is 16.4. The zero-order valence-electron chi connectivity index (χ0n) is 14.2. The van der Waals surface area contributed by atoms with Gasteiger partial charge in [-0.2, -0.15) is 0 Å². The summed E-state index contributed by atoms with van der Waals surface area (Å²) in [7, 11) is 0. The molecular formula is C20H22N2O3. The molecule has 1 heterocycles. The molecule has 3 rings (SSSR count). The lowest BCUT2D eigenvalue weighted by atomic mass is 9.95. The molecule has 130 valence electrons. The molecule has 2 N–H and O–H groups in total. The molecule has 2 atom stereocenters. The number of benzene rings is 2. The minimum Gasteiger partial charge on any atom is -0.481 e. The van der Waals surface area contributed by atoms with Gasteiger partial charge in [0.25, 0.3) is 0 Å². The van der Waals surface area contributed by atoms with E-state index >= 15 is 0 Å². The summed E-state index contributed by atoms with van der Waals surface area (Å²) in [4.78, 5) is 26.3. The molecule has 0 aliphatic carbocycles. The van der Waals surface area contributed by atoms with Gasteiger partial charge in [-0.3, -0.25) is 14.5 Å². The minimum absolute atomic E-state index is 0.230. The molecule has 2 aromatic rings. The van der Waals surface area contributed by atoms with Crippen molar-refractivity contribution in [1.29, 1.82) is 0 Å². The van der Waals surface area contributed by atoms with Crippen LogP contribution in [-0.4, -0.2) is 35.0 Å². The van der Waals surface area contributed by atoms with Crippen LogP contribution >= 0.6 is 0 Å². The summed E-state index contributed by atoms with van der Waals surface area (Å²) in [5.41, 5.74) is 2.92. The molecule has 2 aromatic carbocycles. The summed E-state index contributed by atoms with van der Waals surface area (Å²) in [5, 5.41) is 12.4. The van der Waals surface area contributed by atoms with Gasteiger partial charge in [0.15, 0.2) is 0 Å². The zero-order valence-corrected chi connectivity index (χ0v) is 14.2. The Morgan fingerprint density at radius 1 is 1.04 bits per heavy atom. The fraction of sp³-hybridized carbons (Fsp3) is 0.300. The molecule has 0 radical (unpaired) electrons. The number of anilines is 1. The maximum absolute atomic E-state index is 12.6. The smallest absolute Gasteiger partial charge is 0.308 e. The van der Waals surface area contributed by atoms with Crippen molar-refractivity contribution in [3.05, 3.63) is 65.7 Å². The SMILES string of the molecule is Cc1ccc(NC(=O)C2CN(Cc3ccccc3)CC2C(=O)O)cc1. The number of nitrogens with one attached hydrogen (secondary N) is 1. The van der Waals surface area contributed by atoms with Crippen molar-refractivity contribution in [2.24, 2.45) is 11.8 Å². The van der Waals surface area contributed by atoms with Crippen LogP contribution in [0.25, 0.3) is 0 Å². The van der Waals surface area contributed by atoms with Crippen LogP contribution in [0.2, 0.25) is 0 Å². The highest BCUT2D eigenvalue weighted by Gasteiger charge is 2.41. The van der Waals surface area contributed by atoms with Crippen molar-refractivity contribution in [3.63, 3.8) is 0 Å². The van der Waals surface area contributed by atoms with Crippen LogP contribution < -0.4 is 5.32 Å². The number of amides is 1. The molecule has 1 aliphatic heterocycles. The Morgan fingerprint density at radius 2 is 1.68 bits per heavy atom. The van der Waals surface area contributed by atoms with Crippen molar-refractivity contribution in [1.82, 2.24) is 4.90 Å². The number of hydrogen-bond donors (Lipinski definition) is 2. The monoisotopic (exact) mass is 338 g/mol. The van der Waals surface area contributed by atoms with E-state index in [9.17, 15) is 14.7 Å². The second kappa shape index (κ2) is 7.49. The summed E-state index contributed by atoms with van der Waals surface area (Å²) < 4.78 is 0. The van der Waals surface area contributed by atoms with E-state index in [1.165, 1.54) is 0 Å². The van der Waals surface area contributed by atoms with E-state index in [0.717, 1.165) is 11.1 Å². The van der Waals surface area contributed by atoms with Gasteiger partial charge in [-0.25, -0.2) is 0 Å². The molecule has 5 heteroatoms. The number of carbonyl (C=O) groups is 2. The predicted molar refractivity (Wildman–Crippen MR) is 96.1 cm³/mol. The lowest BCUT2D eigenvalue weighted by Gasteiger charge is -2.16. The van der Waals surface area contributed by atoms with Gasteiger partial charge in [-0.15, -0.1) is 0 Å². The van der Waals surface area contributed by atoms with Gasteiger partial charge in [-0.05, 0) is 24.6 Å². The molecule has 0 bridgehead atoms. The Kier molecular flexibility index (Phi) is 5.14. The lowest BCUT2D eigenvalue weighted by molar-refractivity contribution is -0.144. The molecule has 2 unspecified atom stereocenters. The van der Waals surface area contributed by atoms with Gasteiger partial charge in [0.2, 0.25) is 5.91 Å². The number of likely N-dealkylation sites (tertiary alicyclic amines) is 1. The van der Waals surface area contributed by atoms with Crippen molar-refractivity contribution in [3.8, 4) is 0 Å². The summed E-state index contributed by atoms with van der Waals surface area (Å²) in [6.45, 7) is 3.46. The first kappa shape index (κ1) is 17.2. The number of hydrogen-bond acceptors (Lipinski definition) is 3. The summed E-state index contributed by atoms with van der Waals surface area (Å²) in [6, 6.07) is 17.4. The fourth-order valence-electron chi connectivity index (χ4n) is 3.24. The molecule has 0 spiro atoms. The normalized spacial score (nSPS) is 20.4. The number of rotatable bonds is 5. The van der Waals surface area contributed by atoms with Crippen LogP contribution in [0.4, 0.5) is 5.69 Å². The van der Waals surface area contributed by atoms with E-state index in [-0.39, 0.29) is 5.91 Å². The number of aryl methyl sites for hydroxylation is 1. The maximum Gasteiger partial charge on any atom is 0.308 e. The molecular weight excluding hydrogens is 316 g/mol. The number of carboxylic acids is 1. The summed E-state index contributed by atoms with van der Waals surface area (Å²) in [5.74, 6) is -2.39. The van der Waals surface area contributed by atoms with Crippen molar-refractivity contribution < 1.29 is 14.7 Å². The summed E-state index contributed by atoms with van der Waals surface area (Å²) >= 11 is 0. The second-order valence-corrected chi connectivity index (χ2v) is 6.59. The Hall–Kier alpha value is -2.66. The van der Waals surface area contributed by atoms with E-state index in [1.807, 2.05) is 66.4 Å². The fourth-order valence-corrected chi connectivity index (χ4v) is 3.24. The van der Waals surface area contributed by atoms with Crippen LogP contribution in [0.3, 0.4) is 0 Å². The van der Waals surface area contributed by atoms with Gasteiger partial charge in [0.05, 0.1) is 11.8 Å². The topological polar surface area (TPSA) is 69.6 Å². The molecule has 0 saturated carbocycles. The number of nitrogens with zero attached hydrogens (tertiary/aromatic N) is 1. The van der Waals surface area contributed by atoms with E-state index in [2.05, 4.69) is 5.32 Å².